The first-order valence-electron chi connectivity index (χ1n) is 5.88. The number of carbonyl (C=O) groups is 2. The molecule has 0 atom stereocenters. The van der Waals surface area contributed by atoms with Gasteiger partial charge in [-0.15, -0.1) is 0 Å². The number of nitrogens with one attached hydrogen (secondary N) is 2. The summed E-state index contributed by atoms with van der Waals surface area (Å²) < 4.78 is 9.92. The number of carbonyl (C=O) groups excluding carboxylic acids is 2. The fourth-order valence-corrected chi connectivity index (χ4v) is 1.61. The van der Waals surface area contributed by atoms with Gasteiger partial charge in [0.1, 0.15) is 6.61 Å². The van der Waals surface area contributed by atoms with E-state index >= 15 is 0 Å². The van der Waals surface area contributed by atoms with E-state index in [1.54, 1.807) is 0 Å². The number of ether oxygens (including phenoxy) is 2. The second kappa shape index (κ2) is 8.03. The summed E-state index contributed by atoms with van der Waals surface area (Å²) in [5.74, 6) is -0.517. The Morgan fingerprint density at radius 2 is 2.06 bits per heavy atom. The molecule has 0 aromatic carbocycles. The van der Waals surface area contributed by atoms with Gasteiger partial charge < -0.3 is 20.1 Å². The standard InChI is InChI=1S/C11H20N2O4/c1-16-11(15)4-7-13-10(14)8-17-9-2-5-12-6-3-9/h9,12H,2-8H2,1H3,(H,13,14). The summed E-state index contributed by atoms with van der Waals surface area (Å²) in [5.41, 5.74) is 0. The SMILES string of the molecule is COC(=O)CCNC(=O)COC1CCNCC1. The van der Waals surface area contributed by atoms with Crippen molar-refractivity contribution in [3.8, 4) is 0 Å². The van der Waals surface area contributed by atoms with E-state index in [9.17, 15) is 9.59 Å². The molecule has 0 bridgehead atoms. The first-order chi connectivity index (χ1) is 8.22. The highest BCUT2D eigenvalue weighted by molar-refractivity contribution is 5.78. The smallest absolute Gasteiger partial charge is 0.307 e. The van der Waals surface area contributed by atoms with Crippen LogP contribution in [0.3, 0.4) is 0 Å². The van der Waals surface area contributed by atoms with Crippen molar-refractivity contribution in [1.29, 1.82) is 0 Å². The maximum Gasteiger partial charge on any atom is 0.307 e. The quantitative estimate of drug-likeness (QED) is 0.612. The summed E-state index contributed by atoms with van der Waals surface area (Å²) in [6, 6.07) is 0. The zero-order valence-electron chi connectivity index (χ0n) is 10.2. The van der Waals surface area contributed by atoms with E-state index in [2.05, 4.69) is 15.4 Å². The van der Waals surface area contributed by atoms with Gasteiger partial charge in [-0.2, -0.15) is 0 Å². The first kappa shape index (κ1) is 13.9. The van der Waals surface area contributed by atoms with Crippen LogP contribution >= 0.6 is 0 Å². The zero-order chi connectivity index (χ0) is 12.5. The third-order valence-corrected chi connectivity index (χ3v) is 2.62. The molecule has 0 unspecified atom stereocenters. The zero-order valence-corrected chi connectivity index (χ0v) is 10.2. The van der Waals surface area contributed by atoms with Gasteiger partial charge in [-0.3, -0.25) is 9.59 Å². The minimum Gasteiger partial charge on any atom is -0.469 e. The van der Waals surface area contributed by atoms with Crippen LogP contribution in [0.4, 0.5) is 0 Å². The normalized spacial score (nSPS) is 16.5. The largest absolute Gasteiger partial charge is 0.469 e. The summed E-state index contributed by atoms with van der Waals surface area (Å²) in [5, 5.41) is 5.83. The molecule has 1 heterocycles. The number of piperidine rings is 1. The minimum atomic E-state index is -0.329. The highest BCUT2D eigenvalue weighted by Crippen LogP contribution is 2.06. The predicted octanol–water partition coefficient (Wildman–Crippen LogP) is -0.566. The Morgan fingerprint density at radius 3 is 2.71 bits per heavy atom. The highest BCUT2D eigenvalue weighted by atomic mass is 16.5. The van der Waals surface area contributed by atoms with E-state index in [0.29, 0.717) is 6.54 Å². The molecular weight excluding hydrogens is 224 g/mol. The van der Waals surface area contributed by atoms with Crippen LogP contribution in [0, 0.1) is 0 Å². The maximum atomic E-state index is 11.4. The van der Waals surface area contributed by atoms with Gasteiger partial charge in [0, 0.05) is 6.54 Å². The van der Waals surface area contributed by atoms with Crippen molar-refractivity contribution in [1.82, 2.24) is 10.6 Å². The second-order valence-corrected chi connectivity index (χ2v) is 3.94. The molecule has 2 N–H and O–H groups in total. The first-order valence-corrected chi connectivity index (χ1v) is 5.88. The molecule has 0 radical (unpaired) electrons. The van der Waals surface area contributed by atoms with Crippen LogP contribution in [-0.2, 0) is 19.1 Å². The number of rotatable bonds is 6. The van der Waals surface area contributed by atoms with E-state index in [1.165, 1.54) is 7.11 Å². The molecular formula is C11H20N2O4. The molecule has 6 heteroatoms. The van der Waals surface area contributed by atoms with Gasteiger partial charge in [0.15, 0.2) is 0 Å². The fraction of sp³-hybridized carbons (Fsp3) is 0.818. The summed E-state index contributed by atoms with van der Waals surface area (Å²) >= 11 is 0. The van der Waals surface area contributed by atoms with Gasteiger partial charge in [-0.05, 0) is 25.9 Å². The molecule has 0 aromatic heterocycles. The van der Waals surface area contributed by atoms with Gasteiger partial charge in [-0.25, -0.2) is 0 Å². The number of esters is 1. The molecule has 0 spiro atoms. The van der Waals surface area contributed by atoms with Crippen molar-refractivity contribution in [3.63, 3.8) is 0 Å². The molecule has 1 aliphatic heterocycles. The summed E-state index contributed by atoms with van der Waals surface area (Å²) in [6.07, 6.45) is 2.24. The van der Waals surface area contributed by atoms with Crippen molar-refractivity contribution in [2.24, 2.45) is 0 Å². The van der Waals surface area contributed by atoms with Gasteiger partial charge in [0.25, 0.3) is 0 Å². The van der Waals surface area contributed by atoms with Crippen LogP contribution in [0.5, 0.6) is 0 Å². The molecule has 1 amide bonds. The average Bonchev–Trinajstić information content (AvgIpc) is 2.37. The van der Waals surface area contributed by atoms with Crippen molar-refractivity contribution in [2.45, 2.75) is 25.4 Å². The van der Waals surface area contributed by atoms with Crippen molar-refractivity contribution < 1.29 is 19.1 Å². The van der Waals surface area contributed by atoms with Gasteiger partial charge >= 0.3 is 5.97 Å². The third kappa shape index (κ3) is 6.23. The summed E-state index contributed by atoms with van der Waals surface area (Å²) in [4.78, 5) is 22.1. The van der Waals surface area contributed by atoms with Crippen LogP contribution in [0.1, 0.15) is 19.3 Å². The summed E-state index contributed by atoms with van der Waals surface area (Å²) in [6.45, 7) is 2.23. The Bertz CT molecular complexity index is 252. The minimum absolute atomic E-state index is 0.0613. The number of methoxy groups -OCH3 is 1. The van der Waals surface area contributed by atoms with Gasteiger partial charge in [0.2, 0.25) is 5.91 Å². The second-order valence-electron chi connectivity index (χ2n) is 3.94. The number of hydrogen-bond donors (Lipinski definition) is 2. The maximum absolute atomic E-state index is 11.4. The molecule has 0 aliphatic carbocycles. The topological polar surface area (TPSA) is 76.7 Å². The lowest BCUT2D eigenvalue weighted by Crippen LogP contribution is -2.36. The molecule has 6 nitrogen and oxygen atoms in total. The van der Waals surface area contributed by atoms with Crippen LogP contribution in [-0.4, -0.2) is 51.3 Å². The Balaban J connectivity index is 2.02. The molecule has 1 aliphatic rings. The number of hydrogen-bond acceptors (Lipinski definition) is 5. The van der Waals surface area contributed by atoms with E-state index < -0.39 is 0 Å². The Labute approximate surface area is 101 Å². The monoisotopic (exact) mass is 244 g/mol. The lowest BCUT2D eigenvalue weighted by molar-refractivity contribution is -0.140. The van der Waals surface area contributed by atoms with E-state index in [1.807, 2.05) is 0 Å². The Morgan fingerprint density at radius 1 is 1.35 bits per heavy atom. The molecule has 17 heavy (non-hydrogen) atoms. The van der Waals surface area contributed by atoms with Crippen molar-refractivity contribution in [3.05, 3.63) is 0 Å². The third-order valence-electron chi connectivity index (χ3n) is 2.62. The molecule has 1 rings (SSSR count). The van der Waals surface area contributed by atoms with Crippen molar-refractivity contribution in [2.75, 3.05) is 33.4 Å². The highest BCUT2D eigenvalue weighted by Gasteiger charge is 2.14. The lowest BCUT2D eigenvalue weighted by atomic mass is 10.1. The molecule has 1 saturated heterocycles. The van der Waals surface area contributed by atoms with Crippen molar-refractivity contribution >= 4 is 11.9 Å². The van der Waals surface area contributed by atoms with Gasteiger partial charge in [0.05, 0.1) is 19.6 Å². The van der Waals surface area contributed by atoms with E-state index in [4.69, 9.17) is 4.74 Å². The van der Waals surface area contributed by atoms with Crippen LogP contribution < -0.4 is 10.6 Å². The average molecular weight is 244 g/mol. The lowest BCUT2D eigenvalue weighted by Gasteiger charge is -2.22. The molecule has 0 saturated carbocycles. The molecule has 98 valence electrons. The van der Waals surface area contributed by atoms with E-state index in [0.717, 1.165) is 25.9 Å². The molecule has 0 aromatic rings. The Kier molecular flexibility index (Phi) is 6.57. The van der Waals surface area contributed by atoms with Gasteiger partial charge in [-0.1, -0.05) is 0 Å². The predicted molar refractivity (Wildman–Crippen MR) is 61.5 cm³/mol. The van der Waals surface area contributed by atoms with Crippen LogP contribution in [0.15, 0.2) is 0 Å². The number of amides is 1. The van der Waals surface area contributed by atoms with Crippen LogP contribution in [0.2, 0.25) is 0 Å². The Hall–Kier alpha value is -1.14. The summed E-state index contributed by atoms with van der Waals surface area (Å²) in [7, 11) is 1.32. The van der Waals surface area contributed by atoms with Crippen LogP contribution in [0.25, 0.3) is 0 Å². The molecule has 1 fully saturated rings. The van der Waals surface area contributed by atoms with E-state index in [-0.39, 0.29) is 31.0 Å². The fourth-order valence-electron chi connectivity index (χ4n) is 1.61.